The molecule has 7 nitrogen and oxygen atoms in total. The van der Waals surface area contributed by atoms with Gasteiger partial charge in [0, 0.05) is 19.3 Å². The molecule has 154 valence electrons. The van der Waals surface area contributed by atoms with Gasteiger partial charge in [0.15, 0.2) is 0 Å². The number of amides is 2. The van der Waals surface area contributed by atoms with Crippen molar-refractivity contribution in [2.24, 2.45) is 0 Å². The molecule has 1 atom stereocenters. The third-order valence-electron chi connectivity index (χ3n) is 4.80. The van der Waals surface area contributed by atoms with Crippen molar-refractivity contribution in [2.45, 2.75) is 19.0 Å². The second kappa shape index (κ2) is 8.30. The fourth-order valence-electron chi connectivity index (χ4n) is 3.34. The number of fused-ring (bicyclic) bond motifs is 1. The first-order valence-electron chi connectivity index (χ1n) is 8.99. The minimum absolute atomic E-state index is 0.112. The van der Waals surface area contributed by atoms with Crippen molar-refractivity contribution in [2.75, 3.05) is 25.2 Å². The monoisotopic (exact) mass is 419 g/mol. The Morgan fingerprint density at radius 2 is 1.76 bits per heavy atom. The Hall–Kier alpha value is -2.78. The second-order valence-electron chi connectivity index (χ2n) is 7.05. The van der Waals surface area contributed by atoms with Crippen LogP contribution in [0, 0.1) is 5.82 Å². The highest BCUT2D eigenvalue weighted by atomic mass is 32.2. The van der Waals surface area contributed by atoms with Crippen LogP contribution in [0.2, 0.25) is 0 Å². The van der Waals surface area contributed by atoms with E-state index in [1.54, 1.807) is 0 Å². The molecule has 1 aliphatic rings. The van der Waals surface area contributed by atoms with Crippen molar-refractivity contribution in [3.8, 4) is 0 Å². The Morgan fingerprint density at radius 3 is 2.38 bits per heavy atom. The van der Waals surface area contributed by atoms with Gasteiger partial charge >= 0.3 is 0 Å². The van der Waals surface area contributed by atoms with Crippen molar-refractivity contribution in [3.05, 3.63) is 65.5 Å². The first-order valence-corrected chi connectivity index (χ1v) is 10.8. The summed E-state index contributed by atoms with van der Waals surface area (Å²) in [6, 6.07) is 11.7. The number of carbonyl (C=O) groups excluding carboxylic acids is 2. The molecule has 0 bridgehead atoms. The van der Waals surface area contributed by atoms with Gasteiger partial charge in [0.05, 0.1) is 12.8 Å². The summed E-state index contributed by atoms with van der Waals surface area (Å²) in [6.07, 6.45) is 1.31. The van der Waals surface area contributed by atoms with E-state index in [1.165, 1.54) is 40.5 Å². The largest absolute Gasteiger partial charge is 0.335 e. The molecule has 0 spiro atoms. The molecule has 0 fully saturated rings. The average molecular weight is 419 g/mol. The number of halogens is 1. The fraction of sp³-hybridized carbons (Fsp3) is 0.300. The van der Waals surface area contributed by atoms with Crippen LogP contribution in [0.5, 0.6) is 0 Å². The minimum atomic E-state index is -3.63. The molecule has 9 heteroatoms. The van der Waals surface area contributed by atoms with Gasteiger partial charge in [-0.15, -0.1) is 0 Å². The number of carbonyl (C=O) groups is 2. The van der Waals surface area contributed by atoms with E-state index in [9.17, 15) is 22.4 Å². The Bertz CT molecular complexity index is 1020. The van der Waals surface area contributed by atoms with E-state index in [4.69, 9.17) is 0 Å². The molecule has 0 aliphatic carbocycles. The highest BCUT2D eigenvalue weighted by Crippen LogP contribution is 2.26. The minimum Gasteiger partial charge on any atom is -0.335 e. The summed E-state index contributed by atoms with van der Waals surface area (Å²) in [6.45, 7) is -0.146. The molecule has 1 N–H and O–H groups in total. The van der Waals surface area contributed by atoms with Crippen molar-refractivity contribution >= 4 is 27.5 Å². The van der Waals surface area contributed by atoms with Crippen molar-refractivity contribution in [1.82, 2.24) is 9.21 Å². The summed E-state index contributed by atoms with van der Waals surface area (Å²) in [5.74, 6) is -1.34. The zero-order chi connectivity index (χ0) is 21.2. The lowest BCUT2D eigenvalue weighted by molar-refractivity contribution is -0.137. The first-order chi connectivity index (χ1) is 13.6. The third-order valence-corrected chi connectivity index (χ3v) is 6.04. The van der Waals surface area contributed by atoms with Crippen LogP contribution in [-0.2, 0) is 32.6 Å². The predicted molar refractivity (Wildman–Crippen MR) is 107 cm³/mol. The summed E-state index contributed by atoms with van der Waals surface area (Å²) in [7, 11) is -2.18. The quantitative estimate of drug-likeness (QED) is 0.798. The smallest absolute Gasteiger partial charge is 0.243 e. The first kappa shape index (κ1) is 20.9. The highest BCUT2D eigenvalue weighted by Gasteiger charge is 2.38. The summed E-state index contributed by atoms with van der Waals surface area (Å²) in [4.78, 5) is 26.4. The Morgan fingerprint density at radius 1 is 1.14 bits per heavy atom. The van der Waals surface area contributed by atoms with Gasteiger partial charge in [-0.3, -0.25) is 9.59 Å². The van der Waals surface area contributed by atoms with Crippen LogP contribution in [0.4, 0.5) is 10.1 Å². The fourth-order valence-corrected chi connectivity index (χ4v) is 4.34. The Kier molecular flexibility index (Phi) is 5.99. The maximum atomic E-state index is 13.0. The van der Waals surface area contributed by atoms with Crippen LogP contribution in [0.15, 0.2) is 48.5 Å². The molecule has 0 saturated carbocycles. The standard InChI is InChI=1S/C20H22FN3O4S/c1-23(13-19(25)22-17-9-7-16(21)8-10-17)20(26)18-11-14-5-3-4-6-15(14)12-24(18)29(2,27)28/h3-10,18H,11-13H2,1-2H3,(H,22,25)/t18-/m1/s1. The summed E-state index contributed by atoms with van der Waals surface area (Å²) >= 11 is 0. The predicted octanol–water partition coefficient (Wildman–Crippen LogP) is 1.61. The molecular formula is C20H22FN3O4S. The van der Waals surface area contributed by atoms with E-state index in [0.717, 1.165) is 17.4 Å². The lowest BCUT2D eigenvalue weighted by Gasteiger charge is -2.36. The zero-order valence-corrected chi connectivity index (χ0v) is 16.9. The van der Waals surface area contributed by atoms with Crippen LogP contribution in [0.25, 0.3) is 0 Å². The van der Waals surface area contributed by atoms with Crippen LogP contribution < -0.4 is 5.32 Å². The number of hydrogen-bond acceptors (Lipinski definition) is 4. The maximum absolute atomic E-state index is 13.0. The zero-order valence-electron chi connectivity index (χ0n) is 16.1. The molecule has 29 heavy (non-hydrogen) atoms. The molecule has 2 aromatic carbocycles. The van der Waals surface area contributed by atoms with E-state index in [2.05, 4.69) is 5.32 Å². The lowest BCUT2D eigenvalue weighted by Crippen LogP contribution is -2.53. The number of anilines is 1. The summed E-state index contributed by atoms with van der Waals surface area (Å²) < 4.78 is 38.7. The normalized spacial score (nSPS) is 16.7. The Labute approximate surface area is 169 Å². The van der Waals surface area contributed by atoms with Gasteiger partial charge in [0.25, 0.3) is 0 Å². The molecule has 1 aliphatic heterocycles. The molecule has 0 saturated heterocycles. The van der Waals surface area contributed by atoms with E-state index in [1.807, 2.05) is 24.3 Å². The van der Waals surface area contributed by atoms with Crippen molar-refractivity contribution < 1.29 is 22.4 Å². The number of benzene rings is 2. The van der Waals surface area contributed by atoms with Crippen molar-refractivity contribution in [1.29, 1.82) is 0 Å². The molecule has 0 unspecified atom stereocenters. The molecule has 1 heterocycles. The number of rotatable bonds is 5. The van der Waals surface area contributed by atoms with E-state index >= 15 is 0 Å². The molecule has 2 amide bonds. The van der Waals surface area contributed by atoms with E-state index in [-0.39, 0.29) is 19.5 Å². The van der Waals surface area contributed by atoms with Gasteiger partial charge in [0.2, 0.25) is 21.8 Å². The van der Waals surface area contributed by atoms with Crippen LogP contribution >= 0.6 is 0 Å². The SMILES string of the molecule is CN(CC(=O)Nc1ccc(F)cc1)C(=O)[C@H]1Cc2ccccc2CN1S(C)(=O)=O. The third kappa shape index (κ3) is 4.99. The lowest BCUT2D eigenvalue weighted by atomic mass is 9.95. The van der Waals surface area contributed by atoms with Gasteiger partial charge < -0.3 is 10.2 Å². The van der Waals surface area contributed by atoms with Crippen LogP contribution in [0.3, 0.4) is 0 Å². The molecule has 3 rings (SSSR count). The van der Waals surface area contributed by atoms with Crippen molar-refractivity contribution in [3.63, 3.8) is 0 Å². The second-order valence-corrected chi connectivity index (χ2v) is 8.98. The van der Waals surface area contributed by atoms with E-state index < -0.39 is 33.7 Å². The molecule has 0 aromatic heterocycles. The Balaban J connectivity index is 1.73. The number of nitrogens with zero attached hydrogens (tertiary/aromatic N) is 2. The average Bonchev–Trinajstić information content (AvgIpc) is 2.67. The molecule has 2 aromatic rings. The van der Waals surface area contributed by atoms with Gasteiger partial charge in [-0.25, -0.2) is 12.8 Å². The summed E-state index contributed by atoms with van der Waals surface area (Å²) in [5.41, 5.74) is 2.18. The van der Waals surface area contributed by atoms with Gasteiger partial charge in [-0.05, 0) is 41.8 Å². The van der Waals surface area contributed by atoms with Gasteiger partial charge in [-0.1, -0.05) is 24.3 Å². The van der Waals surface area contributed by atoms with Crippen LogP contribution in [0.1, 0.15) is 11.1 Å². The maximum Gasteiger partial charge on any atom is 0.243 e. The number of hydrogen-bond donors (Lipinski definition) is 1. The van der Waals surface area contributed by atoms with E-state index in [0.29, 0.717) is 5.69 Å². The molecular weight excluding hydrogens is 397 g/mol. The highest BCUT2D eigenvalue weighted by molar-refractivity contribution is 7.88. The number of likely N-dealkylation sites (N-methyl/N-ethyl adjacent to an activating group) is 1. The molecule has 0 radical (unpaired) electrons. The van der Waals surface area contributed by atoms with Gasteiger partial charge in [-0.2, -0.15) is 4.31 Å². The number of sulfonamides is 1. The number of nitrogens with one attached hydrogen (secondary N) is 1. The topological polar surface area (TPSA) is 86.8 Å². The summed E-state index contributed by atoms with van der Waals surface area (Å²) in [5, 5.41) is 2.58. The van der Waals surface area contributed by atoms with Gasteiger partial charge in [0.1, 0.15) is 11.9 Å². The van der Waals surface area contributed by atoms with Crippen LogP contribution in [-0.4, -0.2) is 55.3 Å².